The summed E-state index contributed by atoms with van der Waals surface area (Å²) in [6, 6.07) is 9.10. The van der Waals surface area contributed by atoms with Crippen LogP contribution < -0.4 is 10.1 Å². The van der Waals surface area contributed by atoms with Crippen molar-refractivity contribution in [3.05, 3.63) is 47.8 Å². The Balaban J connectivity index is 1.73. The normalized spacial score (nSPS) is 10.8. The number of hydrogen-bond acceptors (Lipinski definition) is 6. The van der Waals surface area contributed by atoms with Gasteiger partial charge in [0.15, 0.2) is 11.9 Å². The van der Waals surface area contributed by atoms with E-state index in [4.69, 9.17) is 9.47 Å². The summed E-state index contributed by atoms with van der Waals surface area (Å²) in [6.07, 6.45) is 1.66. The molecule has 0 aliphatic rings. The number of anilines is 1. The third-order valence-electron chi connectivity index (χ3n) is 3.24. The van der Waals surface area contributed by atoms with E-state index in [1.54, 1.807) is 12.3 Å². The second-order valence-electron chi connectivity index (χ2n) is 5.08. The van der Waals surface area contributed by atoms with Crippen molar-refractivity contribution < 1.29 is 14.3 Å². The van der Waals surface area contributed by atoms with Crippen molar-refractivity contribution >= 4 is 32.6 Å². The smallest absolute Gasteiger partial charge is 0.276 e. The van der Waals surface area contributed by atoms with Crippen LogP contribution in [0.5, 0.6) is 5.75 Å². The molecule has 0 bridgehead atoms. The zero-order valence-corrected chi connectivity index (χ0v) is 14.2. The molecule has 7 heteroatoms. The van der Waals surface area contributed by atoms with Gasteiger partial charge in [-0.05, 0) is 43.7 Å². The van der Waals surface area contributed by atoms with Crippen LogP contribution >= 0.6 is 11.3 Å². The Kier molecular flexibility index (Phi) is 5.02. The number of nitrogens with zero attached hydrogens (tertiary/aromatic N) is 2. The first kappa shape index (κ1) is 16.4. The monoisotopic (exact) mass is 343 g/mol. The molecule has 3 rings (SSSR count). The number of rotatable bonds is 6. The van der Waals surface area contributed by atoms with E-state index >= 15 is 0 Å². The van der Waals surface area contributed by atoms with Gasteiger partial charge in [-0.1, -0.05) is 17.4 Å². The maximum absolute atomic E-state index is 12.2. The van der Waals surface area contributed by atoms with E-state index in [9.17, 15) is 4.79 Å². The van der Waals surface area contributed by atoms with Gasteiger partial charge < -0.3 is 9.47 Å². The lowest BCUT2D eigenvalue weighted by molar-refractivity contribution is 0.0225. The minimum atomic E-state index is -0.276. The van der Waals surface area contributed by atoms with Gasteiger partial charge in [0.05, 0.1) is 10.2 Å². The number of benzene rings is 1. The molecule has 0 aliphatic carbocycles. The van der Waals surface area contributed by atoms with Crippen LogP contribution in [0.1, 0.15) is 23.0 Å². The van der Waals surface area contributed by atoms with Crippen molar-refractivity contribution in [2.45, 2.75) is 13.8 Å². The van der Waals surface area contributed by atoms with Gasteiger partial charge in [0.2, 0.25) is 0 Å². The highest BCUT2D eigenvalue weighted by Crippen LogP contribution is 2.29. The summed E-state index contributed by atoms with van der Waals surface area (Å²) in [5, 5.41) is 3.31. The van der Waals surface area contributed by atoms with E-state index in [0.717, 1.165) is 15.8 Å². The average Bonchev–Trinajstić information content (AvgIpc) is 2.97. The molecule has 0 aliphatic heterocycles. The number of pyridine rings is 1. The van der Waals surface area contributed by atoms with Crippen LogP contribution in [-0.2, 0) is 4.74 Å². The molecule has 1 amide bonds. The van der Waals surface area contributed by atoms with Crippen molar-refractivity contribution in [1.29, 1.82) is 0 Å². The van der Waals surface area contributed by atoms with Gasteiger partial charge in [-0.2, -0.15) is 0 Å². The summed E-state index contributed by atoms with van der Waals surface area (Å²) in [4.78, 5) is 20.7. The summed E-state index contributed by atoms with van der Waals surface area (Å²) in [5.41, 5.74) is 2.17. The van der Waals surface area contributed by atoms with E-state index in [-0.39, 0.29) is 12.7 Å². The Morgan fingerprint density at radius 3 is 2.92 bits per heavy atom. The topological polar surface area (TPSA) is 73.3 Å². The molecule has 124 valence electrons. The molecule has 2 aromatic heterocycles. The largest absolute Gasteiger partial charge is 0.468 e. The van der Waals surface area contributed by atoms with Gasteiger partial charge in [0, 0.05) is 12.8 Å². The van der Waals surface area contributed by atoms with E-state index in [1.807, 2.05) is 38.1 Å². The van der Waals surface area contributed by atoms with Crippen molar-refractivity contribution in [2.75, 3.05) is 18.7 Å². The van der Waals surface area contributed by atoms with Gasteiger partial charge in [0.1, 0.15) is 11.4 Å². The number of aryl methyl sites for hydroxylation is 1. The van der Waals surface area contributed by atoms with Crippen LogP contribution in [0, 0.1) is 6.92 Å². The first-order valence-electron chi connectivity index (χ1n) is 7.51. The predicted molar refractivity (Wildman–Crippen MR) is 93.7 cm³/mol. The second kappa shape index (κ2) is 7.37. The maximum atomic E-state index is 12.2. The average molecular weight is 343 g/mol. The number of hydrogen-bond donors (Lipinski definition) is 1. The molecule has 24 heavy (non-hydrogen) atoms. The number of carbonyl (C=O) groups excluding carboxylic acids is 1. The molecule has 0 saturated heterocycles. The molecular weight excluding hydrogens is 326 g/mol. The number of aromatic nitrogens is 2. The minimum Gasteiger partial charge on any atom is -0.468 e. The molecule has 0 saturated carbocycles. The zero-order chi connectivity index (χ0) is 16.9. The van der Waals surface area contributed by atoms with E-state index in [1.165, 1.54) is 11.3 Å². The maximum Gasteiger partial charge on any atom is 0.276 e. The first-order valence-corrected chi connectivity index (χ1v) is 8.32. The molecule has 6 nitrogen and oxygen atoms in total. The third-order valence-corrected chi connectivity index (χ3v) is 4.17. The highest BCUT2D eigenvalue weighted by atomic mass is 32.1. The molecule has 2 heterocycles. The third kappa shape index (κ3) is 3.87. The molecule has 0 radical (unpaired) electrons. The lowest BCUT2D eigenvalue weighted by Gasteiger charge is -2.04. The lowest BCUT2D eigenvalue weighted by Crippen LogP contribution is -2.13. The standard InChI is InChI=1S/C17H17N3O3S/c1-3-22-10-23-12-5-7-13-15(8-12)24-17(19-13)20-16(21)14-6-4-11(2)9-18-14/h4-9H,3,10H2,1-2H3,(H,19,20,21). The molecule has 0 fully saturated rings. The van der Waals surface area contributed by atoms with Crippen LogP contribution in [0.4, 0.5) is 5.13 Å². The SMILES string of the molecule is CCOCOc1ccc2nc(NC(=O)c3ccc(C)cn3)sc2c1. The molecule has 0 spiro atoms. The number of carbonyl (C=O) groups is 1. The summed E-state index contributed by atoms with van der Waals surface area (Å²) < 4.78 is 11.6. The molecule has 0 atom stereocenters. The van der Waals surface area contributed by atoms with Crippen LogP contribution in [0.3, 0.4) is 0 Å². The van der Waals surface area contributed by atoms with Gasteiger partial charge >= 0.3 is 0 Å². The van der Waals surface area contributed by atoms with Gasteiger partial charge in [-0.15, -0.1) is 0 Å². The Bertz CT molecular complexity index is 846. The Labute approximate surface area is 143 Å². The van der Waals surface area contributed by atoms with E-state index in [0.29, 0.717) is 23.2 Å². The highest BCUT2D eigenvalue weighted by Gasteiger charge is 2.11. The number of fused-ring (bicyclic) bond motifs is 1. The van der Waals surface area contributed by atoms with E-state index < -0.39 is 0 Å². The second-order valence-corrected chi connectivity index (χ2v) is 6.11. The fourth-order valence-electron chi connectivity index (χ4n) is 2.00. The minimum absolute atomic E-state index is 0.212. The molecular formula is C17H17N3O3S. The highest BCUT2D eigenvalue weighted by molar-refractivity contribution is 7.22. The first-order chi connectivity index (χ1) is 11.7. The van der Waals surface area contributed by atoms with Gasteiger partial charge in [-0.25, -0.2) is 4.98 Å². The summed E-state index contributed by atoms with van der Waals surface area (Å²) in [6.45, 7) is 4.65. The quantitative estimate of drug-likeness (QED) is 0.546. The number of amides is 1. The number of ether oxygens (including phenoxy) is 2. The Morgan fingerprint density at radius 2 is 2.17 bits per heavy atom. The van der Waals surface area contributed by atoms with Crippen molar-refractivity contribution in [3.8, 4) is 5.75 Å². The van der Waals surface area contributed by atoms with E-state index in [2.05, 4.69) is 15.3 Å². The number of nitrogens with one attached hydrogen (secondary N) is 1. The van der Waals surface area contributed by atoms with Crippen LogP contribution in [0.15, 0.2) is 36.5 Å². The fourth-order valence-corrected chi connectivity index (χ4v) is 2.89. The van der Waals surface area contributed by atoms with Crippen molar-refractivity contribution in [2.24, 2.45) is 0 Å². The summed E-state index contributed by atoms with van der Waals surface area (Å²) >= 11 is 1.39. The predicted octanol–water partition coefficient (Wildman–Crippen LogP) is 3.62. The molecule has 1 aromatic carbocycles. The fraction of sp³-hybridized carbons (Fsp3) is 0.235. The summed E-state index contributed by atoms with van der Waals surface area (Å²) in [7, 11) is 0. The molecule has 1 N–H and O–H groups in total. The zero-order valence-electron chi connectivity index (χ0n) is 13.4. The van der Waals surface area contributed by atoms with Crippen LogP contribution in [-0.4, -0.2) is 29.3 Å². The van der Waals surface area contributed by atoms with Crippen LogP contribution in [0.25, 0.3) is 10.2 Å². The van der Waals surface area contributed by atoms with Gasteiger partial charge in [0.25, 0.3) is 5.91 Å². The molecule has 0 unspecified atom stereocenters. The Morgan fingerprint density at radius 1 is 1.29 bits per heavy atom. The van der Waals surface area contributed by atoms with Gasteiger partial charge in [-0.3, -0.25) is 15.1 Å². The van der Waals surface area contributed by atoms with Crippen molar-refractivity contribution in [3.63, 3.8) is 0 Å². The summed E-state index contributed by atoms with van der Waals surface area (Å²) in [5.74, 6) is 0.430. The molecule has 3 aromatic rings. The lowest BCUT2D eigenvalue weighted by atomic mass is 10.3. The van der Waals surface area contributed by atoms with Crippen molar-refractivity contribution in [1.82, 2.24) is 9.97 Å². The number of thiazole rings is 1. The van der Waals surface area contributed by atoms with Crippen LogP contribution in [0.2, 0.25) is 0 Å². The Hall–Kier alpha value is -2.51.